The predicted octanol–water partition coefficient (Wildman–Crippen LogP) is 3.82. The fraction of sp³-hybridized carbons (Fsp3) is 0.357. The van der Waals surface area contributed by atoms with E-state index in [1.807, 2.05) is 41.4 Å². The Morgan fingerprint density at radius 3 is 2.81 bits per heavy atom. The monoisotopic (exact) mass is 497 g/mol. The molecular formula is C28H31N7O2. The van der Waals surface area contributed by atoms with Crippen LogP contribution >= 0.6 is 0 Å². The Morgan fingerprint density at radius 1 is 1.14 bits per heavy atom. The zero-order valence-electron chi connectivity index (χ0n) is 21.0. The fourth-order valence-electron chi connectivity index (χ4n) is 5.68. The van der Waals surface area contributed by atoms with Crippen molar-refractivity contribution in [1.82, 2.24) is 34.9 Å². The Hall–Kier alpha value is -3.98. The van der Waals surface area contributed by atoms with E-state index in [1.54, 1.807) is 23.9 Å². The number of nitrogens with zero attached hydrogens (tertiary/aromatic N) is 5. The van der Waals surface area contributed by atoms with Crippen LogP contribution in [0.2, 0.25) is 0 Å². The topological polar surface area (TPSA) is 99.2 Å². The molecule has 2 aliphatic heterocycles. The lowest BCUT2D eigenvalue weighted by Crippen LogP contribution is -2.52. The number of hydrogen-bond acceptors (Lipinski definition) is 5. The molecule has 9 heteroatoms. The van der Waals surface area contributed by atoms with Gasteiger partial charge in [-0.25, -0.2) is 4.79 Å². The molecule has 6 rings (SSSR count). The molecule has 1 atom stereocenters. The average molecular weight is 498 g/mol. The second-order valence-corrected chi connectivity index (χ2v) is 10.0. The molecule has 0 unspecified atom stereocenters. The number of carbonyl (C=O) groups excluding carboxylic acids is 2. The number of rotatable bonds is 4. The Labute approximate surface area is 215 Å². The highest BCUT2D eigenvalue weighted by molar-refractivity contribution is 5.93. The normalized spacial score (nSPS) is 18.1. The van der Waals surface area contributed by atoms with Crippen molar-refractivity contribution in [3.05, 3.63) is 71.8 Å². The Bertz CT molecular complexity index is 1440. The van der Waals surface area contributed by atoms with Gasteiger partial charge in [-0.1, -0.05) is 18.2 Å². The van der Waals surface area contributed by atoms with Crippen LogP contribution in [0.5, 0.6) is 0 Å². The van der Waals surface area contributed by atoms with Crippen LogP contribution in [0, 0.1) is 0 Å². The van der Waals surface area contributed by atoms with Gasteiger partial charge in [0, 0.05) is 79.8 Å². The lowest BCUT2D eigenvalue weighted by Gasteiger charge is -2.35. The summed E-state index contributed by atoms with van der Waals surface area (Å²) in [6.45, 7) is 5.32. The lowest BCUT2D eigenvalue weighted by atomic mass is 10.0. The first-order valence-electron chi connectivity index (χ1n) is 12.9. The molecule has 0 bridgehead atoms. The number of carbonyl (C=O) groups is 2. The second kappa shape index (κ2) is 9.82. The van der Waals surface area contributed by atoms with Crippen molar-refractivity contribution in [2.45, 2.75) is 45.3 Å². The number of urea groups is 1. The van der Waals surface area contributed by atoms with Crippen molar-refractivity contribution in [2.75, 3.05) is 19.6 Å². The van der Waals surface area contributed by atoms with Crippen molar-refractivity contribution in [2.24, 2.45) is 0 Å². The summed E-state index contributed by atoms with van der Waals surface area (Å²) in [4.78, 5) is 33.8. The first-order chi connectivity index (χ1) is 18.1. The molecule has 190 valence electrons. The summed E-state index contributed by atoms with van der Waals surface area (Å²) < 4.78 is 1.73. The molecule has 0 spiro atoms. The highest BCUT2D eigenvalue weighted by Crippen LogP contribution is 2.28. The van der Waals surface area contributed by atoms with Gasteiger partial charge in [-0.05, 0) is 43.1 Å². The van der Waals surface area contributed by atoms with Gasteiger partial charge >= 0.3 is 6.03 Å². The van der Waals surface area contributed by atoms with Gasteiger partial charge in [0.15, 0.2) is 0 Å². The van der Waals surface area contributed by atoms with Crippen molar-refractivity contribution in [3.8, 4) is 11.3 Å². The molecule has 5 heterocycles. The van der Waals surface area contributed by atoms with E-state index in [2.05, 4.69) is 31.5 Å². The number of piperidine rings is 1. The predicted molar refractivity (Wildman–Crippen MR) is 141 cm³/mol. The Balaban J connectivity index is 1.11. The number of fused-ring (bicyclic) bond motifs is 2. The largest absolute Gasteiger partial charge is 0.334 e. The van der Waals surface area contributed by atoms with Crippen LogP contribution in [-0.2, 0) is 19.5 Å². The zero-order valence-corrected chi connectivity index (χ0v) is 21.0. The van der Waals surface area contributed by atoms with E-state index in [-0.39, 0.29) is 18.0 Å². The molecule has 1 aromatic carbocycles. The number of aromatic amines is 1. The molecular weight excluding hydrogens is 466 g/mol. The van der Waals surface area contributed by atoms with Gasteiger partial charge in [0.1, 0.15) is 0 Å². The van der Waals surface area contributed by atoms with E-state index < -0.39 is 0 Å². The molecule has 9 nitrogen and oxygen atoms in total. The van der Waals surface area contributed by atoms with E-state index in [4.69, 9.17) is 0 Å². The first kappa shape index (κ1) is 23.4. The van der Waals surface area contributed by atoms with E-state index in [1.165, 1.54) is 0 Å². The average Bonchev–Trinajstić information content (AvgIpc) is 3.51. The van der Waals surface area contributed by atoms with Crippen LogP contribution in [0.1, 0.15) is 41.4 Å². The Morgan fingerprint density at radius 2 is 1.97 bits per heavy atom. The van der Waals surface area contributed by atoms with Crippen LogP contribution < -0.4 is 5.32 Å². The van der Waals surface area contributed by atoms with Crippen LogP contribution in [0.3, 0.4) is 0 Å². The SMILES string of the molecule is CC(=O)n1cc(CN2CCC[C@@H](NC(=O)N3CCc4[nH]nc(-c5ccncc5)c4C3)C2)c2ccccc21. The van der Waals surface area contributed by atoms with Crippen LogP contribution in [0.4, 0.5) is 4.79 Å². The molecule has 2 amide bonds. The molecule has 1 saturated heterocycles. The molecule has 4 aromatic rings. The number of pyridine rings is 1. The third kappa shape index (κ3) is 4.62. The minimum atomic E-state index is -0.0208. The fourth-order valence-corrected chi connectivity index (χ4v) is 5.68. The maximum Gasteiger partial charge on any atom is 0.317 e. The molecule has 0 saturated carbocycles. The van der Waals surface area contributed by atoms with Gasteiger partial charge in [-0.3, -0.25) is 24.3 Å². The highest BCUT2D eigenvalue weighted by Gasteiger charge is 2.29. The van der Waals surface area contributed by atoms with E-state index in [0.29, 0.717) is 13.1 Å². The summed E-state index contributed by atoms with van der Waals surface area (Å²) in [5, 5.41) is 12.1. The third-order valence-electron chi connectivity index (χ3n) is 7.54. The van der Waals surface area contributed by atoms with E-state index in [0.717, 1.165) is 77.9 Å². The van der Waals surface area contributed by atoms with Crippen LogP contribution in [-0.4, -0.2) is 67.2 Å². The number of aromatic nitrogens is 4. The van der Waals surface area contributed by atoms with Gasteiger partial charge < -0.3 is 10.2 Å². The number of likely N-dealkylation sites (tertiary alicyclic amines) is 1. The molecule has 0 radical (unpaired) electrons. The van der Waals surface area contributed by atoms with Crippen molar-refractivity contribution >= 4 is 22.8 Å². The quantitative estimate of drug-likeness (QED) is 0.447. The number of nitrogens with one attached hydrogen (secondary N) is 2. The number of benzene rings is 1. The highest BCUT2D eigenvalue weighted by atomic mass is 16.2. The smallest absolute Gasteiger partial charge is 0.317 e. The minimum Gasteiger partial charge on any atom is -0.334 e. The molecule has 1 fully saturated rings. The van der Waals surface area contributed by atoms with Gasteiger partial charge in [0.2, 0.25) is 5.91 Å². The van der Waals surface area contributed by atoms with Gasteiger partial charge in [-0.2, -0.15) is 5.10 Å². The maximum absolute atomic E-state index is 13.3. The standard InChI is InChI=1S/C28H31N7O2/c1-19(36)35-16-21(23-6-2-3-7-26(23)35)15-33-13-4-5-22(17-33)30-28(37)34-14-10-25-24(18-34)27(32-31-25)20-8-11-29-12-9-20/h2-3,6-9,11-12,16,22H,4-5,10,13-15,17-18H2,1H3,(H,30,37)(H,31,32)/t22-/m1/s1. The summed E-state index contributed by atoms with van der Waals surface area (Å²) in [7, 11) is 0. The second-order valence-electron chi connectivity index (χ2n) is 10.0. The zero-order chi connectivity index (χ0) is 25.4. The summed E-state index contributed by atoms with van der Waals surface area (Å²) in [5.41, 5.74) is 6.17. The van der Waals surface area contributed by atoms with Gasteiger partial charge in [0.05, 0.1) is 17.8 Å². The minimum absolute atomic E-state index is 0.0145. The summed E-state index contributed by atoms with van der Waals surface area (Å²) in [6, 6.07) is 12.0. The van der Waals surface area contributed by atoms with Crippen LogP contribution in [0.15, 0.2) is 55.0 Å². The molecule has 2 aliphatic rings. The van der Waals surface area contributed by atoms with Crippen molar-refractivity contribution < 1.29 is 9.59 Å². The Kier molecular flexibility index (Phi) is 6.21. The summed E-state index contributed by atoms with van der Waals surface area (Å²) >= 11 is 0. The molecule has 2 N–H and O–H groups in total. The number of amides is 2. The third-order valence-corrected chi connectivity index (χ3v) is 7.54. The number of para-hydroxylation sites is 1. The number of H-pyrrole nitrogens is 1. The van der Waals surface area contributed by atoms with E-state index in [9.17, 15) is 9.59 Å². The summed E-state index contributed by atoms with van der Waals surface area (Å²) in [5.74, 6) is 0.0145. The van der Waals surface area contributed by atoms with Crippen molar-refractivity contribution in [1.29, 1.82) is 0 Å². The van der Waals surface area contributed by atoms with Crippen molar-refractivity contribution in [3.63, 3.8) is 0 Å². The first-order valence-corrected chi connectivity index (χ1v) is 12.9. The van der Waals surface area contributed by atoms with E-state index >= 15 is 0 Å². The van der Waals surface area contributed by atoms with Gasteiger partial charge in [-0.15, -0.1) is 0 Å². The van der Waals surface area contributed by atoms with Crippen LogP contribution in [0.25, 0.3) is 22.2 Å². The molecule has 3 aromatic heterocycles. The maximum atomic E-state index is 13.3. The van der Waals surface area contributed by atoms with Gasteiger partial charge in [0.25, 0.3) is 0 Å². The molecule has 0 aliphatic carbocycles. The number of hydrogen-bond donors (Lipinski definition) is 2. The molecule has 37 heavy (non-hydrogen) atoms. The lowest BCUT2D eigenvalue weighted by molar-refractivity contribution is 0.0941. The summed E-state index contributed by atoms with van der Waals surface area (Å²) in [6.07, 6.45) is 8.23.